The zero-order chi connectivity index (χ0) is 17.1. The molecule has 2 aliphatic rings. The Morgan fingerprint density at radius 2 is 2.17 bits per heavy atom. The number of aromatic nitrogens is 3. The van der Waals surface area contributed by atoms with Gasteiger partial charge >= 0.3 is 154 Å². The SMILES string of the molecule is CC1(C)O[C@H]2[C@@H](O1)C(O)(c1ccc3c(N)ncnn13)O[C@@H]2C[O][Tl]. The van der Waals surface area contributed by atoms with Gasteiger partial charge in [0.15, 0.2) is 0 Å². The van der Waals surface area contributed by atoms with Crippen molar-refractivity contribution in [3.05, 3.63) is 24.2 Å². The first-order valence-corrected chi connectivity index (χ1v) is 9.35. The van der Waals surface area contributed by atoms with Gasteiger partial charge < -0.3 is 0 Å². The number of fused-ring (bicyclic) bond motifs is 2. The van der Waals surface area contributed by atoms with Gasteiger partial charge in [-0.2, -0.15) is 0 Å². The van der Waals surface area contributed by atoms with Crippen LogP contribution in [-0.2, 0) is 22.7 Å². The van der Waals surface area contributed by atoms with E-state index in [9.17, 15) is 5.11 Å². The Balaban J connectivity index is 1.81. The van der Waals surface area contributed by atoms with E-state index in [4.69, 9.17) is 22.6 Å². The second-order valence-electron chi connectivity index (χ2n) is 6.37. The summed E-state index contributed by atoms with van der Waals surface area (Å²) in [6, 6.07) is 3.44. The molecular formula is C14H17N4O5Tl. The number of anilines is 1. The molecule has 10 heteroatoms. The van der Waals surface area contributed by atoms with Gasteiger partial charge in [0.25, 0.3) is 0 Å². The van der Waals surface area contributed by atoms with E-state index in [0.717, 1.165) is 0 Å². The van der Waals surface area contributed by atoms with Crippen molar-refractivity contribution in [1.29, 1.82) is 0 Å². The van der Waals surface area contributed by atoms with Crippen LogP contribution in [0.2, 0.25) is 0 Å². The molecule has 4 heterocycles. The van der Waals surface area contributed by atoms with Crippen LogP contribution in [0.15, 0.2) is 18.5 Å². The maximum absolute atomic E-state index is 11.3. The van der Waals surface area contributed by atoms with E-state index in [0.29, 0.717) is 49.9 Å². The summed E-state index contributed by atoms with van der Waals surface area (Å²) in [7, 11) is 0. The number of aliphatic hydroxyl groups is 1. The number of nitrogen functional groups attached to an aromatic ring is 1. The third-order valence-corrected chi connectivity index (χ3v) is 5.07. The van der Waals surface area contributed by atoms with Gasteiger partial charge in [-0.05, 0) is 0 Å². The quantitative estimate of drug-likeness (QED) is 0.515. The molecule has 3 N–H and O–H groups in total. The minimum atomic E-state index is -1.72. The number of hydrogen-bond acceptors (Lipinski definition) is 8. The van der Waals surface area contributed by atoms with Crippen molar-refractivity contribution in [3.63, 3.8) is 0 Å². The molecule has 2 aromatic rings. The van der Waals surface area contributed by atoms with Crippen molar-refractivity contribution >= 4 is 37.6 Å². The molecule has 0 spiro atoms. The van der Waals surface area contributed by atoms with Crippen LogP contribution in [-0.4, -0.2) is 76.6 Å². The molecule has 2 aliphatic heterocycles. The zero-order valence-corrected chi connectivity index (χ0v) is 17.7. The number of nitrogens with two attached hydrogens (primary N) is 1. The summed E-state index contributed by atoms with van der Waals surface area (Å²) in [5.74, 6) is -2.22. The average Bonchev–Trinajstić information content (AvgIpc) is 3.14. The van der Waals surface area contributed by atoms with Crippen LogP contribution in [0.25, 0.3) is 5.52 Å². The van der Waals surface area contributed by atoms with E-state index in [1.807, 2.05) is 13.8 Å². The van der Waals surface area contributed by atoms with Crippen molar-refractivity contribution in [1.82, 2.24) is 14.6 Å². The van der Waals surface area contributed by atoms with Crippen LogP contribution in [0, 0.1) is 0 Å². The molecule has 1 unspecified atom stereocenters. The normalized spacial score (nSPS) is 34.7. The second-order valence-corrected chi connectivity index (χ2v) is 7.66. The molecule has 4 rings (SSSR count). The molecule has 126 valence electrons. The van der Waals surface area contributed by atoms with E-state index in [1.54, 1.807) is 12.1 Å². The van der Waals surface area contributed by atoms with Gasteiger partial charge in [0.1, 0.15) is 0 Å². The Hall–Kier alpha value is -0.858. The Morgan fingerprint density at radius 3 is 2.92 bits per heavy atom. The summed E-state index contributed by atoms with van der Waals surface area (Å²) < 4.78 is 24.7. The average molecular weight is 526 g/mol. The van der Waals surface area contributed by atoms with Gasteiger partial charge in [0.05, 0.1) is 0 Å². The Kier molecular flexibility index (Phi) is 3.86. The molecule has 2 fully saturated rings. The van der Waals surface area contributed by atoms with E-state index >= 15 is 0 Å². The van der Waals surface area contributed by atoms with Gasteiger partial charge in [-0.1, -0.05) is 0 Å². The second kappa shape index (κ2) is 5.57. The van der Waals surface area contributed by atoms with Crippen molar-refractivity contribution < 1.29 is 22.0 Å². The standard InChI is InChI=1S/C14H17N4O5.Tl/c1-13(2)22-10-8(5-19)21-14(20,11(10)23-13)9-4-3-7-12(15)16-6-17-18(7)9;/h3-4,6,8,10-11,20H,5H2,1-2H3,(H2,15,16,17);/q-1;+1/t8-,10-,11-,14?;/m1./s1. The fourth-order valence-electron chi connectivity index (χ4n) is 3.38. The Bertz CT molecular complexity index is 784. The molecule has 0 amide bonds. The summed E-state index contributed by atoms with van der Waals surface area (Å²) in [5.41, 5.74) is 6.88. The summed E-state index contributed by atoms with van der Waals surface area (Å²) in [4.78, 5) is 3.96. The van der Waals surface area contributed by atoms with Gasteiger partial charge in [0, 0.05) is 0 Å². The summed E-state index contributed by atoms with van der Waals surface area (Å²) in [6.07, 6.45) is -0.242. The van der Waals surface area contributed by atoms with Crippen molar-refractivity contribution in [2.75, 3.05) is 12.3 Å². The number of ether oxygens (including phenoxy) is 3. The zero-order valence-electron chi connectivity index (χ0n) is 13.2. The molecular weight excluding hydrogens is 509 g/mol. The Morgan fingerprint density at radius 1 is 1.38 bits per heavy atom. The van der Waals surface area contributed by atoms with Gasteiger partial charge in [-0.25, -0.2) is 0 Å². The van der Waals surface area contributed by atoms with E-state index < -0.39 is 29.9 Å². The predicted molar refractivity (Wildman–Crippen MR) is 81.7 cm³/mol. The fourth-order valence-corrected chi connectivity index (χ4v) is 4.12. The molecule has 9 nitrogen and oxygen atoms in total. The molecule has 0 aliphatic carbocycles. The molecule has 0 bridgehead atoms. The van der Waals surface area contributed by atoms with E-state index in [1.165, 1.54) is 10.8 Å². The van der Waals surface area contributed by atoms with Gasteiger partial charge in [-0.15, -0.1) is 0 Å². The first kappa shape index (κ1) is 16.6. The molecule has 4 atom stereocenters. The topological polar surface area (TPSA) is 113 Å². The molecule has 2 aromatic heterocycles. The molecule has 0 radical (unpaired) electrons. The fraction of sp³-hybridized carbons (Fsp3) is 0.571. The molecule has 24 heavy (non-hydrogen) atoms. The van der Waals surface area contributed by atoms with Crippen molar-refractivity contribution in [2.24, 2.45) is 0 Å². The van der Waals surface area contributed by atoms with Crippen molar-refractivity contribution in [3.8, 4) is 0 Å². The molecule has 2 saturated heterocycles. The van der Waals surface area contributed by atoms with Crippen LogP contribution in [0.5, 0.6) is 0 Å². The summed E-state index contributed by atoms with van der Waals surface area (Å²) in [5, 5.41) is 15.5. The summed E-state index contributed by atoms with van der Waals surface area (Å²) in [6.45, 7) is 3.96. The van der Waals surface area contributed by atoms with Crippen LogP contribution < -0.4 is 5.73 Å². The monoisotopic (exact) mass is 526 g/mol. The Labute approximate surface area is 154 Å². The number of nitrogens with zero attached hydrogens (tertiary/aromatic N) is 3. The van der Waals surface area contributed by atoms with Crippen LogP contribution in [0.1, 0.15) is 19.5 Å². The predicted octanol–water partition coefficient (Wildman–Crippen LogP) is -0.524. The number of rotatable bonds is 3. The molecule has 0 saturated carbocycles. The van der Waals surface area contributed by atoms with Gasteiger partial charge in [-0.3, -0.25) is 0 Å². The van der Waals surface area contributed by atoms with Crippen LogP contribution >= 0.6 is 0 Å². The maximum atomic E-state index is 11.3. The summed E-state index contributed by atoms with van der Waals surface area (Å²) >= 11 is 0.364. The van der Waals surface area contributed by atoms with Gasteiger partial charge in [0.2, 0.25) is 0 Å². The first-order valence-electron chi connectivity index (χ1n) is 7.52. The van der Waals surface area contributed by atoms with E-state index in [2.05, 4.69) is 10.1 Å². The third-order valence-electron chi connectivity index (χ3n) is 4.32. The molecule has 0 aromatic carbocycles. The third kappa shape index (κ3) is 2.37. The minimum absolute atomic E-state index is 0.318. The number of hydrogen-bond donors (Lipinski definition) is 2. The van der Waals surface area contributed by atoms with Crippen LogP contribution in [0.3, 0.4) is 0 Å². The van der Waals surface area contributed by atoms with Crippen LogP contribution in [0.4, 0.5) is 5.82 Å². The van der Waals surface area contributed by atoms with E-state index in [-0.39, 0.29) is 0 Å². The van der Waals surface area contributed by atoms with Crippen molar-refractivity contribution in [2.45, 2.75) is 43.7 Å². The first-order chi connectivity index (χ1) is 11.4.